The Bertz CT molecular complexity index is 2090. The lowest BCUT2D eigenvalue weighted by molar-refractivity contribution is -0.677. The minimum atomic E-state index is 0. The van der Waals surface area contributed by atoms with Crippen LogP contribution >= 0.6 is 0 Å². The van der Waals surface area contributed by atoms with Crippen LogP contribution in [-0.2, 0) is 26.9 Å². The summed E-state index contributed by atoms with van der Waals surface area (Å²) in [6.07, 6.45) is 5.56. The molecule has 0 aliphatic heterocycles. The monoisotopic (exact) mass is 702 g/mol. The highest BCUT2D eigenvalue weighted by Crippen LogP contribution is 2.37. The van der Waals surface area contributed by atoms with Crippen molar-refractivity contribution in [1.29, 1.82) is 0 Å². The molecule has 0 atom stereocenters. The fourth-order valence-corrected chi connectivity index (χ4v) is 6.05. The predicted molar refractivity (Wildman–Crippen MR) is 182 cm³/mol. The van der Waals surface area contributed by atoms with Crippen LogP contribution in [0.3, 0.4) is 0 Å². The Labute approximate surface area is 299 Å². The van der Waals surface area contributed by atoms with E-state index in [4.69, 9.17) is 28.4 Å². The molecule has 0 unspecified atom stereocenters. The molecule has 49 heavy (non-hydrogen) atoms. The number of benzene rings is 4. The number of hydrogen-bond acceptors (Lipinski definition) is 6. The summed E-state index contributed by atoms with van der Waals surface area (Å²) in [7, 11) is 12.4. The lowest BCUT2D eigenvalue weighted by Gasteiger charge is -2.14. The first kappa shape index (κ1) is 36.9. The van der Waals surface area contributed by atoms with E-state index in [1.807, 2.05) is 48.5 Å². The Hall–Kier alpha value is -4.92. The summed E-state index contributed by atoms with van der Waals surface area (Å²) in [4.78, 5) is 0. The molecule has 2 heterocycles. The van der Waals surface area contributed by atoms with Gasteiger partial charge in [0.2, 0.25) is 0 Å². The Kier molecular flexibility index (Phi) is 12.0. The number of aryl methyl sites for hydroxylation is 2. The molecule has 0 amide bonds. The SMILES string of the molecule is COc1cc2cc[n+](C)c(Cc3ccc(Oc4cc(Cc5c6cc(OC)c(OC)cc6cc[n+]5C)ccc4OC)cc3)c2cc1OC.[Cl-].[Cl-]. The fraction of sp³-hybridized carbons (Fsp3) is 0.231. The molecular weight excluding hydrogens is 663 g/mol. The van der Waals surface area contributed by atoms with E-state index in [0.717, 1.165) is 50.5 Å². The molecule has 8 nitrogen and oxygen atoms in total. The van der Waals surface area contributed by atoms with Crippen LogP contribution in [0, 0.1) is 0 Å². The molecule has 0 aliphatic rings. The molecule has 0 radical (unpaired) electrons. The number of aromatic nitrogens is 2. The summed E-state index contributed by atoms with van der Waals surface area (Å²) in [5.41, 5.74) is 4.56. The molecular formula is C39H40Cl2N2O6. The van der Waals surface area contributed by atoms with Gasteiger partial charge < -0.3 is 53.2 Å². The Morgan fingerprint density at radius 2 is 0.878 bits per heavy atom. The number of hydrogen-bond donors (Lipinski definition) is 0. The predicted octanol–water partition coefficient (Wildman–Crippen LogP) is 0.667. The van der Waals surface area contributed by atoms with Crippen molar-refractivity contribution in [2.45, 2.75) is 12.8 Å². The zero-order chi connectivity index (χ0) is 33.1. The van der Waals surface area contributed by atoms with E-state index in [9.17, 15) is 0 Å². The zero-order valence-corrected chi connectivity index (χ0v) is 30.2. The number of nitrogens with zero attached hydrogens (tertiary/aromatic N) is 2. The van der Waals surface area contributed by atoms with Crippen molar-refractivity contribution in [3.63, 3.8) is 0 Å². The second kappa shape index (κ2) is 16.0. The summed E-state index contributed by atoms with van der Waals surface area (Å²) in [5, 5.41) is 4.39. The highest BCUT2D eigenvalue weighted by molar-refractivity contribution is 5.88. The molecule has 0 N–H and O–H groups in total. The summed E-state index contributed by atoms with van der Waals surface area (Å²) in [5.74, 6) is 4.88. The largest absolute Gasteiger partial charge is 1.00 e. The van der Waals surface area contributed by atoms with E-state index in [1.54, 1.807) is 35.5 Å². The van der Waals surface area contributed by atoms with E-state index in [-0.39, 0.29) is 24.8 Å². The van der Waals surface area contributed by atoms with Crippen LogP contribution in [0.4, 0.5) is 0 Å². The first-order valence-electron chi connectivity index (χ1n) is 15.4. The number of rotatable bonds is 11. The molecule has 256 valence electrons. The van der Waals surface area contributed by atoms with Gasteiger partial charge in [0.15, 0.2) is 58.3 Å². The minimum absolute atomic E-state index is 0. The van der Waals surface area contributed by atoms with Crippen molar-refractivity contribution in [3.8, 4) is 40.2 Å². The lowest BCUT2D eigenvalue weighted by Crippen LogP contribution is -3.00. The number of pyridine rings is 2. The number of ether oxygens (including phenoxy) is 6. The van der Waals surface area contributed by atoms with Gasteiger partial charge in [-0.05, 0) is 70.4 Å². The average molecular weight is 704 g/mol. The van der Waals surface area contributed by atoms with Crippen molar-refractivity contribution in [1.82, 2.24) is 0 Å². The van der Waals surface area contributed by atoms with Gasteiger partial charge in [-0.2, -0.15) is 0 Å². The number of fused-ring (bicyclic) bond motifs is 2. The second-order valence-electron chi connectivity index (χ2n) is 11.4. The quantitative estimate of drug-likeness (QED) is 0.185. The normalized spacial score (nSPS) is 10.6. The van der Waals surface area contributed by atoms with Crippen molar-refractivity contribution >= 4 is 21.5 Å². The van der Waals surface area contributed by atoms with E-state index >= 15 is 0 Å². The van der Waals surface area contributed by atoms with Gasteiger partial charge in [-0.3, -0.25) is 0 Å². The highest BCUT2D eigenvalue weighted by atomic mass is 35.5. The Morgan fingerprint density at radius 1 is 0.449 bits per heavy atom. The Balaban J connectivity index is 0.00000270. The van der Waals surface area contributed by atoms with Crippen molar-refractivity contribution in [2.24, 2.45) is 14.1 Å². The summed E-state index contributed by atoms with van der Waals surface area (Å²) < 4.78 is 38.6. The standard InChI is InChI=1S/C39H40N2O6.2ClH/c1-40-16-14-27-21-35(43-4)37(45-6)23-30(27)32(40)18-25-8-11-29(12-9-25)47-39-20-26(10-13-34(39)42-3)19-33-31-24-38(46-7)36(44-5)22-28(31)15-17-41(33)2;;/h8-17,20-24H,18-19H2,1-7H3;2*1H/q+2;;/p-2. The van der Waals surface area contributed by atoms with Crippen molar-refractivity contribution < 1.29 is 62.4 Å². The molecule has 0 spiro atoms. The van der Waals surface area contributed by atoms with E-state index in [0.29, 0.717) is 40.9 Å². The molecule has 0 saturated heterocycles. The van der Waals surface area contributed by atoms with Gasteiger partial charge in [0.05, 0.1) is 59.2 Å². The second-order valence-corrected chi connectivity index (χ2v) is 11.4. The molecule has 0 bridgehead atoms. The zero-order valence-electron chi connectivity index (χ0n) is 28.7. The van der Waals surface area contributed by atoms with Crippen LogP contribution in [0.1, 0.15) is 22.5 Å². The topological polar surface area (TPSA) is 63.1 Å². The lowest BCUT2D eigenvalue weighted by atomic mass is 10.0. The maximum atomic E-state index is 6.41. The summed E-state index contributed by atoms with van der Waals surface area (Å²) in [6, 6.07) is 26.6. The highest BCUT2D eigenvalue weighted by Gasteiger charge is 2.19. The van der Waals surface area contributed by atoms with Gasteiger partial charge in [0.25, 0.3) is 0 Å². The van der Waals surface area contributed by atoms with Crippen molar-refractivity contribution in [3.05, 3.63) is 114 Å². The number of methoxy groups -OCH3 is 5. The number of halogens is 2. The molecule has 10 heteroatoms. The molecule has 4 aromatic carbocycles. The maximum absolute atomic E-state index is 6.41. The molecule has 0 aliphatic carbocycles. The third-order valence-electron chi connectivity index (χ3n) is 8.66. The maximum Gasteiger partial charge on any atom is 0.193 e. The summed E-state index contributed by atoms with van der Waals surface area (Å²) >= 11 is 0. The van der Waals surface area contributed by atoms with Crippen LogP contribution < -0.4 is 62.4 Å². The molecule has 2 aromatic heterocycles. The molecule has 6 aromatic rings. The fourth-order valence-electron chi connectivity index (χ4n) is 6.05. The van der Waals surface area contributed by atoms with Crippen LogP contribution in [0.2, 0.25) is 0 Å². The van der Waals surface area contributed by atoms with E-state index in [2.05, 4.69) is 66.0 Å². The van der Waals surface area contributed by atoms with E-state index < -0.39 is 0 Å². The van der Waals surface area contributed by atoms with Crippen LogP contribution in [0.5, 0.6) is 40.2 Å². The molecule has 0 saturated carbocycles. The first-order valence-corrected chi connectivity index (χ1v) is 15.4. The van der Waals surface area contributed by atoms with Gasteiger partial charge in [-0.1, -0.05) is 18.2 Å². The average Bonchev–Trinajstić information content (AvgIpc) is 3.10. The van der Waals surface area contributed by atoms with E-state index in [1.165, 1.54) is 5.69 Å². The molecule has 0 fully saturated rings. The first-order chi connectivity index (χ1) is 22.8. The Morgan fingerprint density at radius 3 is 1.35 bits per heavy atom. The third kappa shape index (κ3) is 7.56. The smallest absolute Gasteiger partial charge is 0.193 e. The summed E-state index contributed by atoms with van der Waals surface area (Å²) in [6.45, 7) is 0. The van der Waals surface area contributed by atoms with Gasteiger partial charge >= 0.3 is 0 Å². The van der Waals surface area contributed by atoms with Crippen LogP contribution in [0.15, 0.2) is 91.3 Å². The van der Waals surface area contributed by atoms with Gasteiger partial charge in [-0.25, -0.2) is 9.13 Å². The van der Waals surface area contributed by atoms with Gasteiger partial charge in [0.1, 0.15) is 19.8 Å². The van der Waals surface area contributed by atoms with Gasteiger partial charge in [0, 0.05) is 12.1 Å². The van der Waals surface area contributed by atoms with Crippen molar-refractivity contribution in [2.75, 3.05) is 35.5 Å². The van der Waals surface area contributed by atoms with Crippen LogP contribution in [0.25, 0.3) is 21.5 Å². The van der Waals surface area contributed by atoms with Crippen LogP contribution in [-0.4, -0.2) is 35.5 Å². The molecule has 6 rings (SSSR count). The minimum Gasteiger partial charge on any atom is -1.00 e. The van der Waals surface area contributed by atoms with Gasteiger partial charge in [-0.15, -0.1) is 0 Å². The third-order valence-corrected chi connectivity index (χ3v) is 8.66.